The van der Waals surface area contributed by atoms with Crippen LogP contribution in [0, 0.1) is 0 Å². The lowest BCUT2D eigenvalue weighted by Gasteiger charge is -2.25. The van der Waals surface area contributed by atoms with Gasteiger partial charge in [0.05, 0.1) is 22.9 Å². The van der Waals surface area contributed by atoms with Gasteiger partial charge in [0.25, 0.3) is 0 Å². The minimum atomic E-state index is 0.224. The van der Waals surface area contributed by atoms with Gasteiger partial charge in [-0.05, 0) is 88.6 Å². The summed E-state index contributed by atoms with van der Waals surface area (Å²) in [5, 5.41) is 3.96. The van der Waals surface area contributed by atoms with Crippen molar-refractivity contribution in [3.05, 3.63) is 216 Å². The average molecular weight is 720 g/mol. The molecule has 268 valence electrons. The van der Waals surface area contributed by atoms with Crippen LogP contribution in [0.3, 0.4) is 0 Å². The second-order valence-electron chi connectivity index (χ2n) is 15.4. The van der Waals surface area contributed by atoms with Crippen molar-refractivity contribution in [2.75, 3.05) is 0 Å². The number of hydrogen-bond donors (Lipinski definition) is 0. The van der Waals surface area contributed by atoms with E-state index in [0.29, 0.717) is 0 Å². The molecule has 0 saturated carbocycles. The van der Waals surface area contributed by atoms with Crippen LogP contribution in [-0.4, -0.2) is 15.0 Å². The molecule has 6 aromatic carbocycles. The Morgan fingerprint density at radius 3 is 2.02 bits per heavy atom. The van der Waals surface area contributed by atoms with Crippen LogP contribution in [-0.2, 0) is 6.42 Å². The fourth-order valence-corrected chi connectivity index (χ4v) is 9.44. The molecule has 0 amide bonds. The van der Waals surface area contributed by atoms with Crippen LogP contribution in [0.25, 0.3) is 55.6 Å². The molecule has 3 heteroatoms. The van der Waals surface area contributed by atoms with Crippen LogP contribution in [0.4, 0.5) is 0 Å². The SMILES string of the molecule is C1=CC(n2c3ccccc3c3cc(C4=Cc5c(c6ccccc6n5C5=NC(c6ccccc6)=CC(c6ccccc6)C5)CC4)ccc32)CC=C1c1ccccc1. The van der Waals surface area contributed by atoms with Gasteiger partial charge in [-0.2, -0.15) is 0 Å². The first-order chi connectivity index (χ1) is 27.8. The molecule has 2 aliphatic carbocycles. The van der Waals surface area contributed by atoms with Crippen molar-refractivity contribution < 1.29 is 0 Å². The molecular formula is C53H41N3. The van der Waals surface area contributed by atoms with Gasteiger partial charge in [0.15, 0.2) is 0 Å². The predicted molar refractivity (Wildman–Crippen MR) is 236 cm³/mol. The zero-order valence-corrected chi connectivity index (χ0v) is 31.2. The molecule has 0 bridgehead atoms. The van der Waals surface area contributed by atoms with Crippen LogP contribution >= 0.6 is 0 Å². The number of rotatable bonds is 5. The van der Waals surface area contributed by atoms with Gasteiger partial charge in [-0.25, -0.2) is 4.99 Å². The lowest BCUT2D eigenvalue weighted by atomic mass is 9.89. The van der Waals surface area contributed by atoms with Gasteiger partial charge < -0.3 is 4.57 Å². The first kappa shape index (κ1) is 32.7. The van der Waals surface area contributed by atoms with Gasteiger partial charge >= 0.3 is 0 Å². The summed E-state index contributed by atoms with van der Waals surface area (Å²) in [6, 6.07) is 57.6. The van der Waals surface area contributed by atoms with E-state index in [1.165, 1.54) is 71.8 Å². The summed E-state index contributed by atoms with van der Waals surface area (Å²) in [6.45, 7) is 0. The molecule has 0 saturated heterocycles. The second kappa shape index (κ2) is 13.5. The zero-order valence-electron chi connectivity index (χ0n) is 31.2. The number of fused-ring (bicyclic) bond motifs is 6. The Morgan fingerprint density at radius 2 is 1.25 bits per heavy atom. The maximum absolute atomic E-state index is 5.47. The molecular weight excluding hydrogens is 679 g/mol. The summed E-state index contributed by atoms with van der Waals surface area (Å²) < 4.78 is 5.03. The van der Waals surface area contributed by atoms with Gasteiger partial charge in [-0.1, -0.05) is 158 Å². The van der Waals surface area contributed by atoms with E-state index in [-0.39, 0.29) is 12.0 Å². The van der Waals surface area contributed by atoms with Crippen molar-refractivity contribution in [3.8, 4) is 0 Å². The number of aliphatic imine (C=N–C) groups is 1. The fraction of sp³-hybridized carbons (Fsp3) is 0.113. The molecule has 3 nitrogen and oxygen atoms in total. The van der Waals surface area contributed by atoms with Crippen molar-refractivity contribution in [1.29, 1.82) is 0 Å². The fourth-order valence-electron chi connectivity index (χ4n) is 9.44. The molecule has 1 aliphatic heterocycles. The Bertz CT molecular complexity index is 2950. The molecule has 11 rings (SSSR count). The van der Waals surface area contributed by atoms with E-state index in [0.717, 1.165) is 42.8 Å². The van der Waals surface area contributed by atoms with Crippen molar-refractivity contribution in [2.24, 2.45) is 4.99 Å². The minimum Gasteiger partial charge on any atom is -0.333 e. The Labute approximate surface area is 327 Å². The molecule has 3 heterocycles. The Kier molecular flexibility index (Phi) is 7.91. The molecule has 0 N–H and O–H groups in total. The highest BCUT2D eigenvalue weighted by molar-refractivity contribution is 6.10. The maximum Gasteiger partial charge on any atom is 0.115 e. The lowest BCUT2D eigenvalue weighted by Crippen LogP contribution is -2.20. The van der Waals surface area contributed by atoms with E-state index in [1.54, 1.807) is 0 Å². The zero-order chi connectivity index (χ0) is 37.0. The van der Waals surface area contributed by atoms with Gasteiger partial charge in [0.1, 0.15) is 5.84 Å². The summed E-state index contributed by atoms with van der Waals surface area (Å²) in [7, 11) is 0. The Balaban J connectivity index is 1.02. The van der Waals surface area contributed by atoms with Crippen molar-refractivity contribution in [2.45, 2.75) is 37.6 Å². The largest absolute Gasteiger partial charge is 0.333 e. The number of para-hydroxylation sites is 2. The highest BCUT2D eigenvalue weighted by Crippen LogP contribution is 2.42. The summed E-state index contributed by atoms with van der Waals surface area (Å²) in [5.41, 5.74) is 15.3. The number of aryl methyl sites for hydroxylation is 1. The summed E-state index contributed by atoms with van der Waals surface area (Å²) in [5.74, 6) is 1.32. The molecule has 2 unspecified atom stereocenters. The highest BCUT2D eigenvalue weighted by atomic mass is 15.1. The molecule has 2 atom stereocenters. The highest BCUT2D eigenvalue weighted by Gasteiger charge is 2.28. The standard InChI is InChI=1S/C53H41N3/c1-4-14-36(15-5-1)38-24-28-43(29-25-38)55-49-22-12-11-21-45(49)47-32-40(27-31-51(47)55)41-26-30-46-44-20-10-13-23-50(44)56(52(46)34-41)53-35-42(37-16-6-2-7-17-37)33-48(54-53)39-18-8-3-9-19-39/h1-25,27-28,31-34,42-43H,26,29-30,35H2. The smallest absolute Gasteiger partial charge is 0.115 e. The van der Waals surface area contributed by atoms with E-state index >= 15 is 0 Å². The third kappa shape index (κ3) is 5.54. The quantitative estimate of drug-likeness (QED) is 0.169. The Morgan fingerprint density at radius 1 is 0.571 bits per heavy atom. The number of allylic oxidation sites excluding steroid dienone is 6. The van der Waals surface area contributed by atoms with Gasteiger partial charge in [-0.15, -0.1) is 0 Å². The van der Waals surface area contributed by atoms with Crippen LogP contribution in [0.2, 0.25) is 0 Å². The summed E-state index contributed by atoms with van der Waals surface area (Å²) in [6.07, 6.45) is 15.7. The first-order valence-electron chi connectivity index (χ1n) is 20.0. The van der Waals surface area contributed by atoms with Crippen molar-refractivity contribution in [3.63, 3.8) is 0 Å². The van der Waals surface area contributed by atoms with Gasteiger partial charge in [0, 0.05) is 39.5 Å². The molecule has 0 radical (unpaired) electrons. The normalized spacial score (nSPS) is 18.1. The Hall–Kier alpha value is -6.71. The number of nitrogens with zero attached hydrogens (tertiary/aromatic N) is 3. The van der Waals surface area contributed by atoms with E-state index in [4.69, 9.17) is 4.99 Å². The van der Waals surface area contributed by atoms with Crippen molar-refractivity contribution in [1.82, 2.24) is 9.13 Å². The number of aromatic nitrogens is 2. The van der Waals surface area contributed by atoms with Crippen LogP contribution < -0.4 is 0 Å². The number of hydrogen-bond acceptors (Lipinski definition) is 1. The minimum absolute atomic E-state index is 0.224. The first-order valence-corrected chi connectivity index (χ1v) is 20.0. The monoisotopic (exact) mass is 719 g/mol. The number of benzene rings is 6. The maximum atomic E-state index is 5.47. The molecule has 8 aromatic rings. The molecule has 56 heavy (non-hydrogen) atoms. The third-order valence-corrected chi connectivity index (χ3v) is 12.1. The van der Waals surface area contributed by atoms with Gasteiger partial charge in [-0.3, -0.25) is 4.57 Å². The predicted octanol–water partition coefficient (Wildman–Crippen LogP) is 13.3. The molecule has 0 fully saturated rings. The van der Waals surface area contributed by atoms with E-state index in [1.807, 2.05) is 0 Å². The molecule has 3 aliphatic rings. The van der Waals surface area contributed by atoms with Gasteiger partial charge in [0.2, 0.25) is 0 Å². The van der Waals surface area contributed by atoms with Crippen LogP contribution in [0.1, 0.15) is 64.7 Å². The third-order valence-electron chi connectivity index (χ3n) is 12.1. The van der Waals surface area contributed by atoms with Crippen LogP contribution in [0.5, 0.6) is 0 Å². The van der Waals surface area contributed by atoms with Crippen LogP contribution in [0.15, 0.2) is 187 Å². The average Bonchev–Trinajstić information content (AvgIpc) is 3.79. The van der Waals surface area contributed by atoms with Crippen molar-refractivity contribution >= 4 is 61.5 Å². The topological polar surface area (TPSA) is 22.2 Å². The van der Waals surface area contributed by atoms with E-state index in [9.17, 15) is 0 Å². The van der Waals surface area contributed by atoms with E-state index in [2.05, 4.69) is 197 Å². The second-order valence-corrected chi connectivity index (χ2v) is 15.4. The summed E-state index contributed by atoms with van der Waals surface area (Å²) >= 11 is 0. The lowest BCUT2D eigenvalue weighted by molar-refractivity contribution is 0.649. The molecule has 2 aromatic heterocycles. The summed E-state index contributed by atoms with van der Waals surface area (Å²) in [4.78, 5) is 5.47. The molecule has 0 spiro atoms. The van der Waals surface area contributed by atoms with E-state index < -0.39 is 0 Å².